The molecule has 0 saturated heterocycles. The molecule has 0 aliphatic rings. The van der Waals surface area contributed by atoms with E-state index >= 15 is 0 Å². The zero-order valence-corrected chi connectivity index (χ0v) is 4.72. The summed E-state index contributed by atoms with van der Waals surface area (Å²) in [7, 11) is 0. The van der Waals surface area contributed by atoms with E-state index in [9.17, 15) is 10.1 Å². The molecule has 0 fully saturated rings. The van der Waals surface area contributed by atoms with Gasteiger partial charge >= 0.3 is 0 Å². The van der Waals surface area contributed by atoms with E-state index < -0.39 is 17.5 Å². The van der Waals surface area contributed by atoms with Crippen LogP contribution in [0.25, 0.3) is 0 Å². The van der Waals surface area contributed by atoms with Gasteiger partial charge in [-0.15, -0.1) is 10.1 Å². The van der Waals surface area contributed by atoms with E-state index in [-0.39, 0.29) is 0 Å². The molecule has 0 amide bonds. The monoisotopic (exact) mass is 137 g/mol. The first kappa shape index (κ1) is 8.12. The molecule has 54 valence electrons. The zero-order chi connectivity index (χ0) is 7.44. The van der Waals surface area contributed by atoms with Gasteiger partial charge < -0.3 is 10.2 Å². The van der Waals surface area contributed by atoms with Crippen molar-refractivity contribution in [2.45, 2.75) is 19.3 Å². The molecule has 0 aromatic carbocycles. The summed E-state index contributed by atoms with van der Waals surface area (Å²) in [5, 5.41) is 25.0. The largest absolute Gasteiger partial charge is 0.389 e. The molecule has 6 heteroatoms. The molecule has 0 aromatic rings. The van der Waals surface area contributed by atoms with E-state index in [2.05, 4.69) is 4.84 Å². The van der Waals surface area contributed by atoms with Crippen LogP contribution in [-0.2, 0) is 4.84 Å². The van der Waals surface area contributed by atoms with Gasteiger partial charge in [-0.1, -0.05) is 0 Å². The van der Waals surface area contributed by atoms with Gasteiger partial charge in [0, 0.05) is 0 Å². The summed E-state index contributed by atoms with van der Waals surface area (Å²) in [6.07, 6.45) is -3.00. The number of rotatable bonds is 3. The summed E-state index contributed by atoms with van der Waals surface area (Å²) in [5.74, 6) is 0. The van der Waals surface area contributed by atoms with Crippen LogP contribution >= 0.6 is 0 Å². The van der Waals surface area contributed by atoms with E-state index in [0.717, 1.165) is 0 Å². The Kier molecular flexibility index (Phi) is 2.89. The van der Waals surface area contributed by atoms with Crippen molar-refractivity contribution in [1.29, 1.82) is 0 Å². The van der Waals surface area contributed by atoms with Crippen LogP contribution in [0.2, 0.25) is 0 Å². The Balaban J connectivity index is 3.50. The third-order valence-corrected chi connectivity index (χ3v) is 0.607. The minimum absolute atomic E-state index is 1.17. The quantitative estimate of drug-likeness (QED) is 0.292. The maximum absolute atomic E-state index is 9.43. The minimum atomic E-state index is -1.75. The SMILES string of the molecule is CC(O)C(O)O[N+](=O)[O-]. The lowest BCUT2D eigenvalue weighted by molar-refractivity contribution is -0.782. The van der Waals surface area contributed by atoms with Crippen molar-refractivity contribution in [1.82, 2.24) is 0 Å². The second kappa shape index (κ2) is 3.21. The molecule has 9 heavy (non-hydrogen) atoms. The van der Waals surface area contributed by atoms with Crippen LogP contribution < -0.4 is 0 Å². The first-order valence-electron chi connectivity index (χ1n) is 2.21. The zero-order valence-electron chi connectivity index (χ0n) is 4.72. The Labute approximate surface area is 50.8 Å². The third kappa shape index (κ3) is 3.68. The van der Waals surface area contributed by atoms with Crippen LogP contribution in [0.3, 0.4) is 0 Å². The molecule has 2 atom stereocenters. The molecule has 0 aromatic heterocycles. The highest BCUT2D eigenvalue weighted by Gasteiger charge is 2.13. The van der Waals surface area contributed by atoms with Crippen LogP contribution in [0, 0.1) is 10.1 Å². The molecule has 2 unspecified atom stereocenters. The number of hydrogen-bond acceptors (Lipinski definition) is 5. The van der Waals surface area contributed by atoms with Crippen LogP contribution in [0.4, 0.5) is 0 Å². The van der Waals surface area contributed by atoms with Gasteiger partial charge in [-0.3, -0.25) is 4.84 Å². The lowest BCUT2D eigenvalue weighted by Crippen LogP contribution is -2.27. The fourth-order valence-corrected chi connectivity index (χ4v) is 0.176. The normalized spacial score (nSPS) is 16.3. The Hall–Kier alpha value is -0.880. The Bertz CT molecular complexity index is 102. The molecule has 0 rings (SSSR count). The van der Waals surface area contributed by atoms with Crippen molar-refractivity contribution in [3.63, 3.8) is 0 Å². The van der Waals surface area contributed by atoms with E-state index in [1.165, 1.54) is 6.92 Å². The van der Waals surface area contributed by atoms with E-state index in [1.54, 1.807) is 0 Å². The topological polar surface area (TPSA) is 92.8 Å². The Morgan fingerprint density at radius 2 is 2.11 bits per heavy atom. The summed E-state index contributed by atoms with van der Waals surface area (Å²) in [6.45, 7) is 1.17. The van der Waals surface area contributed by atoms with Crippen LogP contribution in [0.15, 0.2) is 0 Å². The van der Waals surface area contributed by atoms with E-state index in [4.69, 9.17) is 10.2 Å². The van der Waals surface area contributed by atoms with Gasteiger partial charge in [0.2, 0.25) is 6.29 Å². The summed E-state index contributed by atoms with van der Waals surface area (Å²) in [4.78, 5) is 13.0. The fourth-order valence-electron chi connectivity index (χ4n) is 0.176. The summed E-state index contributed by atoms with van der Waals surface area (Å²) in [5.41, 5.74) is 0. The molecule has 0 aliphatic carbocycles. The highest BCUT2D eigenvalue weighted by atomic mass is 17.0. The van der Waals surface area contributed by atoms with Gasteiger partial charge in [-0.25, -0.2) is 0 Å². The first-order chi connectivity index (χ1) is 4.04. The second-order valence-corrected chi connectivity index (χ2v) is 1.46. The molecule has 0 radical (unpaired) electrons. The molecular weight excluding hydrogens is 130 g/mol. The lowest BCUT2D eigenvalue weighted by atomic mass is 10.4. The minimum Gasteiger partial charge on any atom is -0.389 e. The van der Waals surface area contributed by atoms with Crippen molar-refractivity contribution >= 4 is 0 Å². The lowest BCUT2D eigenvalue weighted by Gasteiger charge is -2.09. The molecule has 2 N–H and O–H groups in total. The highest BCUT2D eigenvalue weighted by molar-refractivity contribution is 4.44. The predicted octanol–water partition coefficient (Wildman–Crippen LogP) is -1.11. The maximum Gasteiger partial charge on any atom is 0.297 e. The molecule has 0 saturated carbocycles. The van der Waals surface area contributed by atoms with Crippen LogP contribution in [-0.4, -0.2) is 27.7 Å². The molecule has 0 spiro atoms. The van der Waals surface area contributed by atoms with E-state index in [0.29, 0.717) is 0 Å². The van der Waals surface area contributed by atoms with Gasteiger partial charge in [-0.05, 0) is 6.92 Å². The van der Waals surface area contributed by atoms with Crippen molar-refractivity contribution in [2.24, 2.45) is 0 Å². The standard InChI is InChI=1S/C3H7NO5/c1-2(5)3(6)9-4(7)8/h2-3,5-6H,1H3. The smallest absolute Gasteiger partial charge is 0.297 e. The van der Waals surface area contributed by atoms with Gasteiger partial charge in [0.05, 0.1) is 0 Å². The average molecular weight is 137 g/mol. The molecule has 6 nitrogen and oxygen atoms in total. The third-order valence-electron chi connectivity index (χ3n) is 0.607. The van der Waals surface area contributed by atoms with Gasteiger partial charge in [0.1, 0.15) is 6.10 Å². The maximum atomic E-state index is 9.43. The number of aliphatic hydroxyl groups excluding tert-OH is 2. The number of nitrogens with zero attached hydrogens (tertiary/aromatic N) is 1. The highest BCUT2D eigenvalue weighted by Crippen LogP contribution is 1.92. The van der Waals surface area contributed by atoms with Crippen LogP contribution in [0.5, 0.6) is 0 Å². The molecular formula is C3H7NO5. The van der Waals surface area contributed by atoms with Gasteiger partial charge in [0.15, 0.2) is 0 Å². The van der Waals surface area contributed by atoms with Gasteiger partial charge in [0.25, 0.3) is 5.09 Å². The average Bonchev–Trinajstić information content (AvgIpc) is 1.63. The van der Waals surface area contributed by atoms with Crippen molar-refractivity contribution in [3.05, 3.63) is 10.1 Å². The summed E-state index contributed by atoms with van der Waals surface area (Å²) < 4.78 is 0. The van der Waals surface area contributed by atoms with Crippen molar-refractivity contribution in [2.75, 3.05) is 0 Å². The molecule has 0 bridgehead atoms. The van der Waals surface area contributed by atoms with E-state index in [1.807, 2.05) is 0 Å². The summed E-state index contributed by atoms with van der Waals surface area (Å²) in [6, 6.07) is 0. The van der Waals surface area contributed by atoms with Crippen LogP contribution in [0.1, 0.15) is 6.92 Å². The Morgan fingerprint density at radius 1 is 1.67 bits per heavy atom. The van der Waals surface area contributed by atoms with Gasteiger partial charge in [-0.2, -0.15) is 0 Å². The number of aliphatic hydroxyl groups is 2. The molecule has 0 aliphatic heterocycles. The predicted molar refractivity (Wildman–Crippen MR) is 25.8 cm³/mol. The Morgan fingerprint density at radius 3 is 2.22 bits per heavy atom. The first-order valence-corrected chi connectivity index (χ1v) is 2.21. The second-order valence-electron chi connectivity index (χ2n) is 1.46. The summed E-state index contributed by atoms with van der Waals surface area (Å²) >= 11 is 0. The molecule has 0 heterocycles. The number of hydrogen-bond donors (Lipinski definition) is 2. The van der Waals surface area contributed by atoms with Crippen molar-refractivity contribution < 1.29 is 20.1 Å². The van der Waals surface area contributed by atoms with Crippen molar-refractivity contribution in [3.8, 4) is 0 Å². The fraction of sp³-hybridized carbons (Fsp3) is 1.00.